The number of nitrogens with one attached hydrogen (secondary N) is 1. The summed E-state index contributed by atoms with van der Waals surface area (Å²) in [6, 6.07) is 16.2. The molecule has 2 heterocycles. The summed E-state index contributed by atoms with van der Waals surface area (Å²) in [7, 11) is 0. The van der Waals surface area contributed by atoms with Crippen molar-refractivity contribution in [1.29, 1.82) is 0 Å². The zero-order chi connectivity index (χ0) is 15.1. The normalized spacial score (nSPS) is 12.7. The molecule has 5 nitrogen and oxygen atoms in total. The van der Waals surface area contributed by atoms with Crippen LogP contribution in [-0.4, -0.2) is 20.5 Å². The summed E-state index contributed by atoms with van der Waals surface area (Å²) in [5.41, 5.74) is 7.01. The molecule has 0 amide bonds. The average molecular weight is 354 g/mol. The molecule has 0 saturated heterocycles. The second kappa shape index (κ2) is 5.06. The third kappa shape index (κ3) is 2.03. The van der Waals surface area contributed by atoms with Gasteiger partial charge >= 0.3 is 0 Å². The third-order valence-corrected chi connectivity index (χ3v) is 4.14. The van der Waals surface area contributed by atoms with Gasteiger partial charge in [-0.1, -0.05) is 46.3 Å². The zero-order valence-corrected chi connectivity index (χ0v) is 13.4. The summed E-state index contributed by atoms with van der Waals surface area (Å²) in [6.45, 7) is 1.93. The molecule has 0 radical (unpaired) electrons. The highest BCUT2D eigenvalue weighted by molar-refractivity contribution is 9.10. The van der Waals surface area contributed by atoms with Crippen molar-refractivity contribution in [3.63, 3.8) is 0 Å². The van der Waals surface area contributed by atoms with Crippen molar-refractivity contribution in [1.82, 2.24) is 14.8 Å². The van der Waals surface area contributed by atoms with E-state index in [9.17, 15) is 0 Å². The Labute approximate surface area is 135 Å². The Kier molecular flexibility index (Phi) is 3.04. The van der Waals surface area contributed by atoms with E-state index in [1.807, 2.05) is 47.9 Å². The van der Waals surface area contributed by atoms with E-state index in [1.165, 1.54) is 0 Å². The number of anilines is 1. The highest BCUT2D eigenvalue weighted by atomic mass is 79.9. The summed E-state index contributed by atoms with van der Waals surface area (Å²) in [6.07, 6.45) is 0. The van der Waals surface area contributed by atoms with Crippen LogP contribution in [0.15, 0.2) is 58.1 Å². The monoisotopic (exact) mass is 353 g/mol. The number of aryl methyl sites for hydroxylation is 1. The van der Waals surface area contributed by atoms with Crippen LogP contribution in [0.1, 0.15) is 17.0 Å². The van der Waals surface area contributed by atoms with Gasteiger partial charge in [0.2, 0.25) is 5.95 Å². The van der Waals surface area contributed by atoms with Crippen LogP contribution in [0, 0.1) is 6.92 Å². The first kappa shape index (κ1) is 13.2. The molecule has 1 aromatic heterocycles. The summed E-state index contributed by atoms with van der Waals surface area (Å²) in [5.74, 6) is 1.44. The van der Waals surface area contributed by atoms with Gasteiger partial charge in [-0.3, -0.25) is 4.57 Å². The van der Waals surface area contributed by atoms with Crippen LogP contribution in [0.3, 0.4) is 0 Å². The first-order valence-corrected chi connectivity index (χ1v) is 7.65. The average Bonchev–Trinajstić information content (AvgIpc) is 2.82. The number of rotatable bonds is 1. The van der Waals surface area contributed by atoms with Gasteiger partial charge < -0.3 is 0 Å². The number of benzene rings is 2. The number of para-hydroxylation sites is 1. The lowest BCUT2D eigenvalue weighted by atomic mass is 10.0. The third-order valence-electron chi connectivity index (χ3n) is 3.61. The van der Waals surface area contributed by atoms with Crippen molar-refractivity contribution in [2.24, 2.45) is 5.10 Å². The number of aromatic nitrogens is 3. The fourth-order valence-corrected chi connectivity index (χ4v) is 2.85. The van der Waals surface area contributed by atoms with Crippen LogP contribution in [0.5, 0.6) is 0 Å². The molecule has 4 rings (SSSR count). The molecule has 0 unspecified atom stereocenters. The lowest BCUT2D eigenvalue weighted by Crippen LogP contribution is -2.07. The lowest BCUT2D eigenvalue weighted by molar-refractivity contribution is 0.970. The van der Waals surface area contributed by atoms with Crippen molar-refractivity contribution in [3.8, 4) is 5.69 Å². The molecule has 0 bridgehead atoms. The summed E-state index contributed by atoms with van der Waals surface area (Å²) in [4.78, 5) is 0. The molecule has 3 aromatic rings. The number of hydrazone groups is 1. The number of fused-ring (bicyclic) bond motifs is 3. The molecule has 108 valence electrons. The topological polar surface area (TPSA) is 55.1 Å². The first-order valence-electron chi connectivity index (χ1n) is 6.85. The second-order valence-corrected chi connectivity index (χ2v) is 5.92. The van der Waals surface area contributed by atoms with Crippen molar-refractivity contribution < 1.29 is 0 Å². The molecule has 1 aliphatic rings. The van der Waals surface area contributed by atoms with Crippen molar-refractivity contribution in [3.05, 3.63) is 70.0 Å². The van der Waals surface area contributed by atoms with E-state index in [0.29, 0.717) is 5.95 Å². The number of hydrogen-bond acceptors (Lipinski definition) is 4. The Balaban J connectivity index is 1.96. The van der Waals surface area contributed by atoms with E-state index < -0.39 is 0 Å². The second-order valence-electron chi connectivity index (χ2n) is 5.00. The standard InChI is InChI=1S/C16H12BrN5/c1-10-18-20-16-21-19-15(11-6-8-12(17)9-7-11)13-4-2-3-5-14(13)22(10)16/h2-9H,1H3,(H,20,21). The van der Waals surface area contributed by atoms with E-state index in [0.717, 1.165) is 32.8 Å². The molecule has 1 aliphatic heterocycles. The van der Waals surface area contributed by atoms with Crippen LogP contribution in [0.25, 0.3) is 5.69 Å². The van der Waals surface area contributed by atoms with Gasteiger partial charge in [-0.05, 0) is 25.1 Å². The summed E-state index contributed by atoms with van der Waals surface area (Å²) >= 11 is 3.47. The molecule has 2 aromatic carbocycles. The van der Waals surface area contributed by atoms with Gasteiger partial charge in [0.1, 0.15) is 5.82 Å². The number of halogens is 1. The maximum absolute atomic E-state index is 4.55. The molecule has 1 N–H and O–H groups in total. The fraction of sp³-hybridized carbons (Fsp3) is 0.0625. The number of hydrogen-bond donors (Lipinski definition) is 1. The maximum Gasteiger partial charge on any atom is 0.249 e. The van der Waals surface area contributed by atoms with Crippen molar-refractivity contribution >= 4 is 27.6 Å². The van der Waals surface area contributed by atoms with E-state index >= 15 is 0 Å². The minimum atomic E-state index is 0.622. The first-order chi connectivity index (χ1) is 10.7. The van der Waals surface area contributed by atoms with Gasteiger partial charge in [0.05, 0.1) is 11.4 Å². The molecule has 0 atom stereocenters. The Hall–Kier alpha value is -2.47. The zero-order valence-electron chi connectivity index (χ0n) is 11.8. The van der Waals surface area contributed by atoms with E-state index in [-0.39, 0.29) is 0 Å². The minimum Gasteiger partial charge on any atom is -0.264 e. The Morgan fingerprint density at radius 1 is 1.00 bits per heavy atom. The Morgan fingerprint density at radius 2 is 1.77 bits per heavy atom. The SMILES string of the molecule is Cc1nnc2n1-c1ccccc1C(c1ccc(Br)cc1)=NN2. The maximum atomic E-state index is 4.55. The van der Waals surface area contributed by atoms with Gasteiger partial charge in [0, 0.05) is 15.6 Å². The largest absolute Gasteiger partial charge is 0.264 e. The molecule has 22 heavy (non-hydrogen) atoms. The van der Waals surface area contributed by atoms with Gasteiger partial charge in [-0.2, -0.15) is 5.10 Å². The minimum absolute atomic E-state index is 0.622. The van der Waals surface area contributed by atoms with Gasteiger partial charge in [-0.25, -0.2) is 5.43 Å². The quantitative estimate of drug-likeness (QED) is 0.728. The van der Waals surface area contributed by atoms with Crippen LogP contribution >= 0.6 is 15.9 Å². The molecular weight excluding hydrogens is 342 g/mol. The van der Waals surface area contributed by atoms with Crippen LogP contribution in [0.4, 0.5) is 5.95 Å². The van der Waals surface area contributed by atoms with Crippen LogP contribution in [0.2, 0.25) is 0 Å². The molecule has 0 spiro atoms. The van der Waals surface area contributed by atoms with Gasteiger partial charge in [0.15, 0.2) is 0 Å². The molecule has 6 heteroatoms. The summed E-state index contributed by atoms with van der Waals surface area (Å²) in [5, 5.41) is 12.8. The predicted octanol–water partition coefficient (Wildman–Crippen LogP) is 3.52. The fourth-order valence-electron chi connectivity index (χ4n) is 2.59. The van der Waals surface area contributed by atoms with E-state index in [4.69, 9.17) is 0 Å². The van der Waals surface area contributed by atoms with Crippen LogP contribution in [-0.2, 0) is 0 Å². The highest BCUT2D eigenvalue weighted by Crippen LogP contribution is 2.26. The van der Waals surface area contributed by atoms with Crippen molar-refractivity contribution in [2.45, 2.75) is 6.92 Å². The van der Waals surface area contributed by atoms with Crippen LogP contribution < -0.4 is 5.43 Å². The smallest absolute Gasteiger partial charge is 0.249 e. The highest BCUT2D eigenvalue weighted by Gasteiger charge is 2.20. The van der Waals surface area contributed by atoms with E-state index in [2.05, 4.69) is 48.8 Å². The molecule has 0 saturated carbocycles. The molecule has 0 aliphatic carbocycles. The Morgan fingerprint density at radius 3 is 2.59 bits per heavy atom. The van der Waals surface area contributed by atoms with Crippen molar-refractivity contribution in [2.75, 3.05) is 5.43 Å². The molecule has 0 fully saturated rings. The Bertz CT molecular complexity index is 880. The summed E-state index contributed by atoms with van der Waals surface area (Å²) < 4.78 is 3.02. The number of nitrogens with zero attached hydrogens (tertiary/aromatic N) is 4. The lowest BCUT2D eigenvalue weighted by Gasteiger charge is -2.11. The molecular formula is C16H12BrN5. The van der Waals surface area contributed by atoms with Gasteiger partial charge in [-0.15, -0.1) is 10.2 Å². The van der Waals surface area contributed by atoms with Gasteiger partial charge in [0.25, 0.3) is 0 Å². The predicted molar refractivity (Wildman–Crippen MR) is 89.5 cm³/mol. The van der Waals surface area contributed by atoms with E-state index in [1.54, 1.807) is 0 Å².